The molecule has 1 aromatic heterocycles. The molecule has 2 aromatic rings. The molecule has 7 heteroatoms. The Labute approximate surface area is 124 Å². The van der Waals surface area contributed by atoms with Gasteiger partial charge in [0.15, 0.2) is 0 Å². The van der Waals surface area contributed by atoms with Gasteiger partial charge in [0, 0.05) is 0 Å². The predicted molar refractivity (Wildman–Crippen MR) is 75.3 cm³/mol. The van der Waals surface area contributed by atoms with Crippen molar-refractivity contribution in [2.45, 2.75) is 12.8 Å². The molecule has 1 aromatic carbocycles. The summed E-state index contributed by atoms with van der Waals surface area (Å²) in [4.78, 5) is 19.0. The standard InChI is InChI=1S/C15H11FN4O2/c1-7-19-14(21)12-11(8-2-4-9(16)5-3-8)10(6-17)13(18)22-15(12)20-7/h2-5,11H,18H2,1H3,(H,19,20,21). The molecule has 0 aliphatic carbocycles. The highest BCUT2D eigenvalue weighted by Crippen LogP contribution is 2.38. The summed E-state index contributed by atoms with van der Waals surface area (Å²) in [5, 5.41) is 9.34. The first-order valence-corrected chi connectivity index (χ1v) is 6.45. The number of aromatic nitrogens is 2. The number of fused-ring (bicyclic) bond motifs is 1. The number of nitriles is 1. The number of aryl methyl sites for hydroxylation is 1. The number of nitrogens with two attached hydrogens (primary N) is 1. The van der Waals surface area contributed by atoms with Gasteiger partial charge in [-0.25, -0.2) is 4.39 Å². The van der Waals surface area contributed by atoms with E-state index in [-0.39, 0.29) is 22.9 Å². The van der Waals surface area contributed by atoms with Crippen molar-refractivity contribution in [3.05, 3.63) is 68.8 Å². The summed E-state index contributed by atoms with van der Waals surface area (Å²) in [6, 6.07) is 7.46. The van der Waals surface area contributed by atoms with Crippen molar-refractivity contribution in [1.82, 2.24) is 9.97 Å². The van der Waals surface area contributed by atoms with Gasteiger partial charge in [-0.3, -0.25) is 4.79 Å². The molecule has 110 valence electrons. The second-order valence-electron chi connectivity index (χ2n) is 4.85. The van der Waals surface area contributed by atoms with Crippen molar-refractivity contribution in [3.8, 4) is 11.9 Å². The van der Waals surface area contributed by atoms with Crippen LogP contribution in [0.2, 0.25) is 0 Å². The largest absolute Gasteiger partial charge is 0.422 e. The molecule has 1 aliphatic rings. The van der Waals surface area contributed by atoms with Crippen LogP contribution in [0.25, 0.3) is 0 Å². The van der Waals surface area contributed by atoms with Crippen LogP contribution in [0.5, 0.6) is 5.88 Å². The average molecular weight is 298 g/mol. The fourth-order valence-electron chi connectivity index (χ4n) is 2.46. The van der Waals surface area contributed by atoms with Crippen LogP contribution < -0.4 is 16.0 Å². The quantitative estimate of drug-likeness (QED) is 0.828. The van der Waals surface area contributed by atoms with Gasteiger partial charge in [0.25, 0.3) is 5.56 Å². The third-order valence-electron chi connectivity index (χ3n) is 3.41. The fourth-order valence-corrected chi connectivity index (χ4v) is 2.46. The number of halogens is 1. The zero-order valence-corrected chi connectivity index (χ0v) is 11.6. The summed E-state index contributed by atoms with van der Waals surface area (Å²) in [5.41, 5.74) is 6.18. The molecule has 22 heavy (non-hydrogen) atoms. The molecule has 6 nitrogen and oxygen atoms in total. The first-order chi connectivity index (χ1) is 10.5. The van der Waals surface area contributed by atoms with E-state index in [1.165, 1.54) is 24.3 Å². The Balaban J connectivity index is 2.29. The molecule has 2 heterocycles. The van der Waals surface area contributed by atoms with Gasteiger partial charge >= 0.3 is 0 Å². The molecule has 1 atom stereocenters. The van der Waals surface area contributed by atoms with Crippen molar-refractivity contribution in [2.24, 2.45) is 5.73 Å². The lowest BCUT2D eigenvalue weighted by molar-refractivity contribution is 0.373. The average Bonchev–Trinajstić information content (AvgIpc) is 2.46. The molecule has 0 saturated heterocycles. The maximum Gasteiger partial charge on any atom is 0.258 e. The smallest absolute Gasteiger partial charge is 0.258 e. The van der Waals surface area contributed by atoms with Crippen molar-refractivity contribution in [2.75, 3.05) is 0 Å². The number of ether oxygens (including phenoxy) is 1. The van der Waals surface area contributed by atoms with Gasteiger partial charge in [0.2, 0.25) is 11.8 Å². The van der Waals surface area contributed by atoms with E-state index in [0.717, 1.165) is 0 Å². The molecule has 3 rings (SSSR count). The number of nitrogens with one attached hydrogen (secondary N) is 1. The number of rotatable bonds is 1. The first kappa shape index (κ1) is 13.8. The molecule has 3 N–H and O–H groups in total. The van der Waals surface area contributed by atoms with Crippen LogP contribution in [0.3, 0.4) is 0 Å². The molecular formula is C15H11FN4O2. The van der Waals surface area contributed by atoms with Gasteiger partial charge in [-0.05, 0) is 24.6 Å². The lowest BCUT2D eigenvalue weighted by atomic mass is 9.85. The number of H-pyrrole nitrogens is 1. The molecule has 0 spiro atoms. The van der Waals surface area contributed by atoms with Crippen LogP contribution in [0.4, 0.5) is 4.39 Å². The third-order valence-corrected chi connectivity index (χ3v) is 3.41. The molecule has 0 radical (unpaired) electrons. The third kappa shape index (κ3) is 2.11. The van der Waals surface area contributed by atoms with Gasteiger partial charge in [-0.15, -0.1) is 0 Å². The van der Waals surface area contributed by atoms with E-state index in [1.807, 2.05) is 6.07 Å². The summed E-state index contributed by atoms with van der Waals surface area (Å²) < 4.78 is 18.4. The molecule has 1 unspecified atom stereocenters. The van der Waals surface area contributed by atoms with Crippen LogP contribution in [0.15, 0.2) is 40.5 Å². The Morgan fingerprint density at radius 3 is 2.73 bits per heavy atom. The lowest BCUT2D eigenvalue weighted by Gasteiger charge is -2.24. The maximum atomic E-state index is 13.1. The van der Waals surface area contributed by atoms with Crippen LogP contribution >= 0.6 is 0 Å². The van der Waals surface area contributed by atoms with Crippen LogP contribution in [-0.4, -0.2) is 9.97 Å². The Kier molecular flexibility index (Phi) is 3.14. The molecule has 0 bridgehead atoms. The van der Waals surface area contributed by atoms with Gasteiger partial charge in [0.05, 0.1) is 11.5 Å². The molecule has 1 aliphatic heterocycles. The zero-order chi connectivity index (χ0) is 15.9. The lowest BCUT2D eigenvalue weighted by Crippen LogP contribution is -2.29. The predicted octanol–water partition coefficient (Wildman–Crippen LogP) is 1.44. The maximum absolute atomic E-state index is 13.1. The number of allylic oxidation sites excluding steroid dienone is 1. The zero-order valence-electron chi connectivity index (χ0n) is 11.6. The highest BCUT2D eigenvalue weighted by atomic mass is 19.1. The second-order valence-corrected chi connectivity index (χ2v) is 4.85. The summed E-state index contributed by atoms with van der Waals surface area (Å²) in [7, 11) is 0. The van der Waals surface area contributed by atoms with E-state index in [0.29, 0.717) is 11.4 Å². The van der Waals surface area contributed by atoms with E-state index in [1.54, 1.807) is 6.92 Å². The minimum Gasteiger partial charge on any atom is -0.422 e. The number of hydrogen-bond acceptors (Lipinski definition) is 5. The molecule has 0 amide bonds. The van der Waals surface area contributed by atoms with E-state index < -0.39 is 17.3 Å². The Morgan fingerprint density at radius 1 is 1.41 bits per heavy atom. The SMILES string of the molecule is Cc1nc2c(c(=O)[nH]1)C(c1ccc(F)cc1)C(C#N)=C(N)O2. The van der Waals surface area contributed by atoms with Crippen LogP contribution in [0, 0.1) is 24.1 Å². The van der Waals surface area contributed by atoms with Gasteiger partial charge < -0.3 is 15.5 Å². The summed E-state index contributed by atoms with van der Waals surface area (Å²) >= 11 is 0. The topological polar surface area (TPSA) is 105 Å². The van der Waals surface area contributed by atoms with E-state index >= 15 is 0 Å². The van der Waals surface area contributed by atoms with Crippen LogP contribution in [0.1, 0.15) is 22.9 Å². The number of aromatic amines is 1. The normalized spacial score (nSPS) is 16.7. The van der Waals surface area contributed by atoms with E-state index in [4.69, 9.17) is 10.5 Å². The minimum atomic E-state index is -0.744. The number of nitrogens with zero attached hydrogens (tertiary/aromatic N) is 2. The minimum absolute atomic E-state index is 0.0621. The summed E-state index contributed by atoms with van der Waals surface area (Å²) in [6.07, 6.45) is 0. The van der Waals surface area contributed by atoms with Crippen molar-refractivity contribution < 1.29 is 9.13 Å². The van der Waals surface area contributed by atoms with E-state index in [2.05, 4.69) is 9.97 Å². The van der Waals surface area contributed by atoms with Crippen LogP contribution in [-0.2, 0) is 0 Å². The highest BCUT2D eigenvalue weighted by molar-refractivity contribution is 5.52. The second kappa shape index (κ2) is 5.00. The van der Waals surface area contributed by atoms with Crippen molar-refractivity contribution >= 4 is 0 Å². The number of hydrogen-bond donors (Lipinski definition) is 2. The van der Waals surface area contributed by atoms with Gasteiger partial charge in [-0.1, -0.05) is 12.1 Å². The Hall–Kier alpha value is -3.14. The Bertz CT molecular complexity index is 878. The Morgan fingerprint density at radius 2 is 2.09 bits per heavy atom. The first-order valence-electron chi connectivity index (χ1n) is 6.45. The molecule has 0 saturated carbocycles. The van der Waals surface area contributed by atoms with E-state index in [9.17, 15) is 14.4 Å². The summed E-state index contributed by atoms with van der Waals surface area (Å²) in [5.74, 6) is -0.836. The van der Waals surface area contributed by atoms with Gasteiger partial charge in [-0.2, -0.15) is 10.2 Å². The van der Waals surface area contributed by atoms with Crippen molar-refractivity contribution in [1.29, 1.82) is 5.26 Å². The fraction of sp³-hybridized carbons (Fsp3) is 0.133. The molecule has 0 fully saturated rings. The van der Waals surface area contributed by atoms with Gasteiger partial charge in [0.1, 0.15) is 23.3 Å². The monoisotopic (exact) mass is 298 g/mol. The highest BCUT2D eigenvalue weighted by Gasteiger charge is 2.34. The summed E-state index contributed by atoms with van der Waals surface area (Å²) in [6.45, 7) is 1.61. The number of benzene rings is 1. The van der Waals surface area contributed by atoms with Crippen molar-refractivity contribution in [3.63, 3.8) is 0 Å². The molecular weight excluding hydrogens is 287 g/mol.